The number of nitrogens with one attached hydrogen (secondary N) is 1. The minimum atomic E-state index is -0.176. The molecular weight excluding hydrogens is 348 g/mol. The maximum Gasteiger partial charge on any atom is 0.258 e. The van der Waals surface area contributed by atoms with Crippen molar-refractivity contribution in [1.29, 1.82) is 0 Å². The SMILES string of the molecule is O=C(Nc1ncc(Br)s1)c1cc[c]cc1-c1ccccc1. The lowest BCUT2D eigenvalue weighted by Crippen LogP contribution is -2.12. The van der Waals surface area contributed by atoms with E-state index in [4.69, 9.17) is 0 Å². The van der Waals surface area contributed by atoms with Crippen molar-refractivity contribution in [2.45, 2.75) is 0 Å². The van der Waals surface area contributed by atoms with Gasteiger partial charge in [-0.15, -0.1) is 0 Å². The second-order valence-corrected chi connectivity index (χ2v) is 6.67. The summed E-state index contributed by atoms with van der Waals surface area (Å²) in [6.07, 6.45) is 1.66. The van der Waals surface area contributed by atoms with Gasteiger partial charge in [0, 0.05) is 5.56 Å². The standard InChI is InChI=1S/C16H10BrN2OS/c17-14-10-18-16(21-14)19-15(20)13-9-5-4-8-12(13)11-6-2-1-3-7-11/h1-3,5-10H,(H,18,19,20). The van der Waals surface area contributed by atoms with Crippen LogP contribution >= 0.6 is 27.3 Å². The molecule has 0 spiro atoms. The summed E-state index contributed by atoms with van der Waals surface area (Å²) >= 11 is 4.71. The summed E-state index contributed by atoms with van der Waals surface area (Å²) in [6.45, 7) is 0. The number of hydrogen-bond acceptors (Lipinski definition) is 3. The molecule has 0 unspecified atom stereocenters. The van der Waals surface area contributed by atoms with E-state index in [0.717, 1.165) is 14.9 Å². The lowest BCUT2D eigenvalue weighted by molar-refractivity contribution is 0.102. The van der Waals surface area contributed by atoms with Gasteiger partial charge in [0.2, 0.25) is 0 Å². The molecule has 0 fully saturated rings. The molecule has 3 nitrogen and oxygen atoms in total. The summed E-state index contributed by atoms with van der Waals surface area (Å²) in [7, 11) is 0. The molecule has 1 radical (unpaired) electrons. The Bertz CT molecular complexity index is 771. The van der Waals surface area contributed by atoms with Crippen LogP contribution in [0.15, 0.2) is 58.5 Å². The molecule has 0 saturated heterocycles. The Labute approximate surface area is 134 Å². The number of carbonyl (C=O) groups is 1. The molecule has 3 aromatic rings. The predicted molar refractivity (Wildman–Crippen MR) is 88.5 cm³/mol. The highest BCUT2D eigenvalue weighted by molar-refractivity contribution is 9.11. The molecule has 1 N–H and O–H groups in total. The molecule has 1 aromatic heterocycles. The van der Waals surface area contributed by atoms with Gasteiger partial charge in [-0.2, -0.15) is 0 Å². The Hall–Kier alpha value is -1.98. The van der Waals surface area contributed by atoms with Gasteiger partial charge in [-0.05, 0) is 45.3 Å². The zero-order chi connectivity index (χ0) is 14.7. The molecule has 1 amide bonds. The predicted octanol–water partition coefficient (Wildman–Crippen LogP) is 4.63. The minimum absolute atomic E-state index is 0.176. The topological polar surface area (TPSA) is 42.0 Å². The van der Waals surface area contributed by atoms with E-state index in [2.05, 4.69) is 32.3 Å². The summed E-state index contributed by atoms with van der Waals surface area (Å²) in [5, 5.41) is 3.38. The van der Waals surface area contributed by atoms with Crippen molar-refractivity contribution >= 4 is 38.3 Å². The van der Waals surface area contributed by atoms with Crippen molar-refractivity contribution < 1.29 is 4.79 Å². The lowest BCUT2D eigenvalue weighted by Gasteiger charge is -2.08. The van der Waals surface area contributed by atoms with Gasteiger partial charge in [-0.1, -0.05) is 47.7 Å². The first-order valence-electron chi connectivity index (χ1n) is 6.22. The van der Waals surface area contributed by atoms with E-state index in [1.807, 2.05) is 36.4 Å². The summed E-state index contributed by atoms with van der Waals surface area (Å²) in [4.78, 5) is 16.6. The van der Waals surface area contributed by atoms with Crippen molar-refractivity contribution in [3.8, 4) is 11.1 Å². The van der Waals surface area contributed by atoms with E-state index < -0.39 is 0 Å². The van der Waals surface area contributed by atoms with Crippen LogP contribution < -0.4 is 5.32 Å². The van der Waals surface area contributed by atoms with Crippen molar-refractivity contribution in [2.24, 2.45) is 0 Å². The van der Waals surface area contributed by atoms with Crippen LogP contribution in [0.25, 0.3) is 11.1 Å². The lowest BCUT2D eigenvalue weighted by atomic mass is 9.99. The van der Waals surface area contributed by atoms with Crippen LogP contribution in [0.1, 0.15) is 10.4 Å². The molecule has 5 heteroatoms. The Morgan fingerprint density at radius 2 is 2.05 bits per heavy atom. The third-order valence-electron chi connectivity index (χ3n) is 2.89. The Kier molecular flexibility index (Phi) is 4.13. The summed E-state index contributed by atoms with van der Waals surface area (Å²) < 4.78 is 0.877. The van der Waals surface area contributed by atoms with E-state index in [0.29, 0.717) is 10.7 Å². The highest BCUT2D eigenvalue weighted by Gasteiger charge is 2.13. The quantitative estimate of drug-likeness (QED) is 0.742. The van der Waals surface area contributed by atoms with Gasteiger partial charge in [0.05, 0.1) is 9.98 Å². The van der Waals surface area contributed by atoms with E-state index in [9.17, 15) is 4.79 Å². The molecule has 0 aliphatic rings. The Morgan fingerprint density at radius 1 is 1.24 bits per heavy atom. The van der Waals surface area contributed by atoms with Crippen LogP contribution in [0.5, 0.6) is 0 Å². The van der Waals surface area contributed by atoms with Gasteiger partial charge in [-0.3, -0.25) is 10.1 Å². The van der Waals surface area contributed by atoms with Crippen molar-refractivity contribution in [3.05, 3.63) is 70.1 Å². The number of rotatable bonds is 3. The third kappa shape index (κ3) is 3.20. The minimum Gasteiger partial charge on any atom is -0.298 e. The third-order valence-corrected chi connectivity index (χ3v) is 4.28. The van der Waals surface area contributed by atoms with Crippen molar-refractivity contribution in [1.82, 2.24) is 4.98 Å². The first kappa shape index (κ1) is 14.0. The fourth-order valence-electron chi connectivity index (χ4n) is 1.96. The fraction of sp³-hybridized carbons (Fsp3) is 0. The number of nitrogens with zero attached hydrogens (tertiary/aromatic N) is 1. The zero-order valence-electron chi connectivity index (χ0n) is 10.8. The van der Waals surface area contributed by atoms with E-state index in [1.165, 1.54) is 11.3 Å². The summed E-state index contributed by atoms with van der Waals surface area (Å²) in [5.41, 5.74) is 2.44. The summed E-state index contributed by atoms with van der Waals surface area (Å²) in [6, 6.07) is 18.1. The zero-order valence-corrected chi connectivity index (χ0v) is 13.2. The molecule has 0 saturated carbocycles. The van der Waals surface area contributed by atoms with Gasteiger partial charge in [0.1, 0.15) is 0 Å². The van der Waals surface area contributed by atoms with E-state index >= 15 is 0 Å². The highest BCUT2D eigenvalue weighted by Crippen LogP contribution is 2.26. The van der Waals surface area contributed by atoms with Gasteiger partial charge in [0.25, 0.3) is 5.91 Å². The highest BCUT2D eigenvalue weighted by atomic mass is 79.9. The van der Waals surface area contributed by atoms with Crippen LogP contribution in [0, 0.1) is 6.07 Å². The van der Waals surface area contributed by atoms with Crippen molar-refractivity contribution in [2.75, 3.05) is 5.32 Å². The first-order chi connectivity index (χ1) is 10.2. The molecule has 0 bridgehead atoms. The molecular formula is C16H10BrN2OS. The number of amides is 1. The van der Waals surface area contributed by atoms with Crippen LogP contribution in [0.4, 0.5) is 5.13 Å². The number of aromatic nitrogens is 1. The average molecular weight is 358 g/mol. The molecule has 0 atom stereocenters. The molecule has 21 heavy (non-hydrogen) atoms. The fourth-order valence-corrected chi connectivity index (χ4v) is 3.06. The molecule has 103 valence electrons. The number of carbonyl (C=O) groups excluding carboxylic acids is 1. The second kappa shape index (κ2) is 6.20. The van der Waals surface area contributed by atoms with Crippen molar-refractivity contribution in [3.63, 3.8) is 0 Å². The number of thiazole rings is 1. The molecule has 0 aliphatic carbocycles. The number of anilines is 1. The normalized spacial score (nSPS) is 10.3. The smallest absolute Gasteiger partial charge is 0.258 e. The monoisotopic (exact) mass is 357 g/mol. The second-order valence-electron chi connectivity index (χ2n) is 4.26. The molecule has 3 rings (SSSR count). The number of halogens is 1. The number of benzene rings is 2. The van der Waals surface area contributed by atoms with Gasteiger partial charge < -0.3 is 0 Å². The van der Waals surface area contributed by atoms with E-state index in [-0.39, 0.29) is 5.91 Å². The molecule has 0 aliphatic heterocycles. The molecule has 2 aromatic carbocycles. The maximum atomic E-state index is 12.4. The number of hydrogen-bond donors (Lipinski definition) is 1. The van der Waals surface area contributed by atoms with Crippen LogP contribution in [0.2, 0.25) is 0 Å². The Balaban J connectivity index is 1.93. The van der Waals surface area contributed by atoms with Crippen LogP contribution in [0.3, 0.4) is 0 Å². The van der Waals surface area contributed by atoms with Crippen LogP contribution in [-0.4, -0.2) is 10.9 Å². The Morgan fingerprint density at radius 3 is 2.76 bits per heavy atom. The van der Waals surface area contributed by atoms with Gasteiger partial charge >= 0.3 is 0 Å². The van der Waals surface area contributed by atoms with Crippen LogP contribution in [-0.2, 0) is 0 Å². The maximum absolute atomic E-state index is 12.4. The average Bonchev–Trinajstić information content (AvgIpc) is 2.93. The van der Waals surface area contributed by atoms with Gasteiger partial charge in [0.15, 0.2) is 5.13 Å². The largest absolute Gasteiger partial charge is 0.298 e. The van der Waals surface area contributed by atoms with E-state index in [1.54, 1.807) is 18.3 Å². The first-order valence-corrected chi connectivity index (χ1v) is 7.83. The molecule has 1 heterocycles. The summed E-state index contributed by atoms with van der Waals surface area (Å²) in [5.74, 6) is -0.176. The van der Waals surface area contributed by atoms with Gasteiger partial charge in [-0.25, -0.2) is 4.98 Å².